The molecule has 72 valence electrons. The lowest BCUT2D eigenvalue weighted by atomic mass is 10.2. The van der Waals surface area contributed by atoms with Gasteiger partial charge in [-0.1, -0.05) is 12.4 Å². The molecular weight excluding hydrogens is 179 g/mol. The number of hydrogen-bond acceptors (Lipinski definition) is 2. The summed E-state index contributed by atoms with van der Waals surface area (Å²) in [6.07, 6.45) is 10.3. The summed E-state index contributed by atoms with van der Waals surface area (Å²) in [4.78, 5) is 2.55. The maximum atomic E-state index is 3.89. The highest BCUT2D eigenvalue weighted by Crippen LogP contribution is 2.22. The molecule has 2 rings (SSSR count). The van der Waals surface area contributed by atoms with Crippen LogP contribution >= 0.6 is 8.35 Å². The molecule has 0 unspecified atom stereocenters. The first kappa shape index (κ1) is 9.23. The third-order valence-electron chi connectivity index (χ3n) is 2.88. The van der Waals surface area contributed by atoms with Crippen molar-refractivity contribution in [1.29, 1.82) is 0 Å². The van der Waals surface area contributed by atoms with Crippen molar-refractivity contribution >= 4 is 14.7 Å². The monoisotopic (exact) mass is 196 g/mol. The van der Waals surface area contributed by atoms with Crippen LogP contribution in [0.2, 0.25) is 0 Å². The van der Waals surface area contributed by atoms with Crippen LogP contribution in [0.3, 0.4) is 0 Å². The molecular formula is C10H17N2P. The van der Waals surface area contributed by atoms with Crippen LogP contribution in [0.5, 0.6) is 0 Å². The first-order chi connectivity index (χ1) is 6.40. The molecule has 2 aliphatic rings. The van der Waals surface area contributed by atoms with Crippen LogP contribution in [0.25, 0.3) is 0 Å². The quantitative estimate of drug-likeness (QED) is 0.623. The molecule has 0 saturated carbocycles. The van der Waals surface area contributed by atoms with E-state index in [0.717, 1.165) is 6.54 Å². The van der Waals surface area contributed by atoms with Crippen molar-refractivity contribution in [3.05, 3.63) is 11.8 Å². The van der Waals surface area contributed by atoms with Crippen LogP contribution in [-0.2, 0) is 0 Å². The van der Waals surface area contributed by atoms with Crippen molar-refractivity contribution in [3.63, 3.8) is 0 Å². The molecule has 0 aromatic carbocycles. The molecule has 0 aromatic rings. The topological polar surface area (TPSA) is 6.48 Å². The van der Waals surface area contributed by atoms with Crippen molar-refractivity contribution in [2.24, 2.45) is 0 Å². The minimum Gasteiger partial charge on any atom is -0.375 e. The Morgan fingerprint density at radius 2 is 2.00 bits per heavy atom. The SMILES string of the molecule is C=PN1CC=C(N2CCCC2)CC1. The van der Waals surface area contributed by atoms with Crippen LogP contribution in [0.1, 0.15) is 19.3 Å². The van der Waals surface area contributed by atoms with Crippen LogP contribution < -0.4 is 0 Å². The van der Waals surface area contributed by atoms with E-state index in [9.17, 15) is 0 Å². The smallest absolute Gasteiger partial charge is 0.0267 e. The van der Waals surface area contributed by atoms with Crippen molar-refractivity contribution in [2.45, 2.75) is 19.3 Å². The summed E-state index contributed by atoms with van der Waals surface area (Å²) in [6, 6.07) is 0. The Morgan fingerprint density at radius 1 is 1.23 bits per heavy atom. The summed E-state index contributed by atoms with van der Waals surface area (Å²) in [7, 11) is 1.17. The van der Waals surface area contributed by atoms with E-state index in [2.05, 4.69) is 21.9 Å². The average Bonchev–Trinajstić information content (AvgIpc) is 2.71. The van der Waals surface area contributed by atoms with Gasteiger partial charge in [0.15, 0.2) is 0 Å². The van der Waals surface area contributed by atoms with Gasteiger partial charge in [0.2, 0.25) is 0 Å². The maximum absolute atomic E-state index is 3.89. The van der Waals surface area contributed by atoms with Gasteiger partial charge in [-0.2, -0.15) is 0 Å². The Bertz CT molecular complexity index is 219. The van der Waals surface area contributed by atoms with E-state index < -0.39 is 0 Å². The average molecular weight is 196 g/mol. The van der Waals surface area contributed by atoms with Gasteiger partial charge in [0.05, 0.1) is 0 Å². The van der Waals surface area contributed by atoms with Gasteiger partial charge in [0.25, 0.3) is 0 Å². The lowest BCUT2D eigenvalue weighted by Gasteiger charge is -2.28. The van der Waals surface area contributed by atoms with E-state index in [1.54, 1.807) is 5.70 Å². The van der Waals surface area contributed by atoms with E-state index in [4.69, 9.17) is 0 Å². The highest BCUT2D eigenvalue weighted by atomic mass is 31.1. The fourth-order valence-corrected chi connectivity index (χ4v) is 2.51. The molecule has 0 atom stereocenters. The van der Waals surface area contributed by atoms with Crippen LogP contribution in [0.15, 0.2) is 11.8 Å². The maximum Gasteiger partial charge on any atom is 0.0267 e. The van der Waals surface area contributed by atoms with E-state index in [1.807, 2.05) is 0 Å². The fraction of sp³-hybridized carbons (Fsp3) is 0.700. The molecule has 0 aromatic heterocycles. The largest absolute Gasteiger partial charge is 0.375 e. The number of nitrogens with zero attached hydrogens (tertiary/aromatic N) is 2. The number of rotatable bonds is 2. The third-order valence-corrected chi connectivity index (χ3v) is 3.64. The van der Waals surface area contributed by atoms with Gasteiger partial charge in [-0.25, -0.2) is 0 Å². The van der Waals surface area contributed by atoms with Crippen molar-refractivity contribution in [3.8, 4) is 0 Å². The Labute approximate surface area is 82.1 Å². The molecule has 0 bridgehead atoms. The Hall–Kier alpha value is -0.330. The summed E-state index contributed by atoms with van der Waals surface area (Å²) in [5, 5.41) is 0. The number of likely N-dealkylation sites (tertiary alicyclic amines) is 1. The van der Waals surface area contributed by atoms with Crippen LogP contribution in [0, 0.1) is 0 Å². The molecule has 0 spiro atoms. The summed E-state index contributed by atoms with van der Waals surface area (Å²) in [5.41, 5.74) is 1.58. The van der Waals surface area contributed by atoms with Crippen molar-refractivity contribution in [2.75, 3.05) is 26.2 Å². The van der Waals surface area contributed by atoms with E-state index in [0.29, 0.717) is 0 Å². The minimum atomic E-state index is 1.09. The second kappa shape index (κ2) is 4.26. The highest BCUT2D eigenvalue weighted by molar-refractivity contribution is 7.33. The molecule has 0 radical (unpaired) electrons. The predicted octanol–water partition coefficient (Wildman–Crippen LogP) is 1.97. The van der Waals surface area contributed by atoms with Crippen LogP contribution in [-0.4, -0.2) is 42.0 Å². The molecule has 2 heterocycles. The lowest BCUT2D eigenvalue weighted by Crippen LogP contribution is -2.27. The Morgan fingerprint density at radius 3 is 2.54 bits per heavy atom. The van der Waals surface area contributed by atoms with Crippen LogP contribution in [0.4, 0.5) is 0 Å². The Balaban J connectivity index is 1.93. The van der Waals surface area contributed by atoms with Gasteiger partial charge in [-0.15, -0.1) is 0 Å². The molecule has 13 heavy (non-hydrogen) atoms. The first-order valence-electron chi connectivity index (χ1n) is 5.06. The van der Waals surface area contributed by atoms with Gasteiger partial charge < -0.3 is 4.90 Å². The lowest BCUT2D eigenvalue weighted by molar-refractivity contribution is 0.368. The molecule has 3 heteroatoms. The zero-order valence-electron chi connectivity index (χ0n) is 8.08. The van der Waals surface area contributed by atoms with Gasteiger partial charge >= 0.3 is 0 Å². The molecule has 0 aliphatic carbocycles. The Kier molecular flexibility index (Phi) is 3.02. The first-order valence-corrected chi connectivity index (χ1v) is 6.09. The van der Waals surface area contributed by atoms with E-state index in [-0.39, 0.29) is 0 Å². The fourth-order valence-electron chi connectivity index (χ4n) is 2.07. The third kappa shape index (κ3) is 2.12. The molecule has 2 aliphatic heterocycles. The van der Waals surface area contributed by atoms with E-state index in [1.165, 1.54) is 47.3 Å². The standard InChI is InChI=1S/C10H17N2P/c1-13-12-8-4-10(5-9-12)11-6-2-3-7-11/h4H,1-3,5-9H2. The van der Waals surface area contributed by atoms with Crippen molar-refractivity contribution < 1.29 is 0 Å². The summed E-state index contributed by atoms with van der Waals surface area (Å²) in [6.45, 7) is 4.85. The number of hydrogen-bond donors (Lipinski definition) is 0. The summed E-state index contributed by atoms with van der Waals surface area (Å²) < 4.78 is 2.36. The van der Waals surface area contributed by atoms with Gasteiger partial charge in [0, 0.05) is 38.3 Å². The molecule has 0 N–H and O–H groups in total. The second-order valence-electron chi connectivity index (χ2n) is 3.69. The molecule has 1 saturated heterocycles. The van der Waals surface area contributed by atoms with Gasteiger partial charge in [-0.3, -0.25) is 4.67 Å². The predicted molar refractivity (Wildman–Crippen MR) is 59.1 cm³/mol. The molecule has 0 amide bonds. The van der Waals surface area contributed by atoms with Gasteiger partial charge in [0.1, 0.15) is 0 Å². The molecule has 1 fully saturated rings. The van der Waals surface area contributed by atoms with Crippen molar-refractivity contribution in [1.82, 2.24) is 9.57 Å². The normalized spacial score (nSPS) is 25.2. The van der Waals surface area contributed by atoms with Gasteiger partial charge in [-0.05, 0) is 21.2 Å². The summed E-state index contributed by atoms with van der Waals surface area (Å²) >= 11 is 0. The second-order valence-corrected chi connectivity index (χ2v) is 4.54. The summed E-state index contributed by atoms with van der Waals surface area (Å²) in [5.74, 6) is 0. The highest BCUT2D eigenvalue weighted by Gasteiger charge is 2.17. The van der Waals surface area contributed by atoms with E-state index >= 15 is 0 Å². The zero-order chi connectivity index (χ0) is 9.10. The minimum absolute atomic E-state index is 1.09. The zero-order valence-corrected chi connectivity index (χ0v) is 8.97. The molecule has 2 nitrogen and oxygen atoms in total.